The summed E-state index contributed by atoms with van der Waals surface area (Å²) in [4.78, 5) is 12.0. The van der Waals surface area contributed by atoms with Gasteiger partial charge in [-0.05, 0) is 35.2 Å². The Labute approximate surface area is 157 Å². The topological polar surface area (TPSA) is 69.2 Å². The van der Waals surface area contributed by atoms with Gasteiger partial charge in [-0.25, -0.2) is 5.43 Å². The van der Waals surface area contributed by atoms with E-state index < -0.39 is 0 Å². The molecule has 0 atom stereocenters. The van der Waals surface area contributed by atoms with Crippen LogP contribution in [0.25, 0.3) is 10.8 Å². The van der Waals surface area contributed by atoms with Crippen molar-refractivity contribution in [3.8, 4) is 17.2 Å². The second kappa shape index (κ2) is 8.71. The molecule has 6 nitrogen and oxygen atoms in total. The summed E-state index contributed by atoms with van der Waals surface area (Å²) < 4.78 is 16.0. The molecule has 0 radical (unpaired) electrons. The Balaban J connectivity index is 1.57. The fraction of sp³-hybridized carbons (Fsp3) is 0.143. The summed E-state index contributed by atoms with van der Waals surface area (Å²) in [5, 5.41) is 5.96. The van der Waals surface area contributed by atoms with Crippen LogP contribution in [0.15, 0.2) is 65.8 Å². The molecular weight excluding hydrogens is 344 g/mol. The average molecular weight is 364 g/mol. The first-order chi connectivity index (χ1) is 13.2. The number of hydrogen-bond donors (Lipinski definition) is 1. The Morgan fingerprint density at radius 1 is 0.963 bits per heavy atom. The van der Waals surface area contributed by atoms with Crippen LogP contribution in [0, 0.1) is 0 Å². The van der Waals surface area contributed by atoms with Crippen molar-refractivity contribution in [1.82, 2.24) is 5.43 Å². The average Bonchev–Trinajstić information content (AvgIpc) is 2.72. The van der Waals surface area contributed by atoms with Gasteiger partial charge in [0.05, 0.1) is 20.4 Å². The van der Waals surface area contributed by atoms with Gasteiger partial charge in [0.15, 0.2) is 18.1 Å². The molecule has 3 aromatic carbocycles. The second-order valence-electron chi connectivity index (χ2n) is 5.67. The van der Waals surface area contributed by atoms with Crippen molar-refractivity contribution in [2.45, 2.75) is 0 Å². The van der Waals surface area contributed by atoms with E-state index in [1.165, 1.54) is 6.21 Å². The third-order valence-corrected chi connectivity index (χ3v) is 3.92. The van der Waals surface area contributed by atoms with E-state index >= 15 is 0 Å². The minimum absolute atomic E-state index is 0.128. The minimum Gasteiger partial charge on any atom is -0.493 e. The summed E-state index contributed by atoms with van der Waals surface area (Å²) in [5.41, 5.74) is 3.22. The van der Waals surface area contributed by atoms with E-state index in [1.54, 1.807) is 26.4 Å². The lowest BCUT2D eigenvalue weighted by Crippen LogP contribution is -2.24. The quantitative estimate of drug-likeness (QED) is 0.515. The Morgan fingerprint density at radius 2 is 1.74 bits per heavy atom. The molecule has 3 rings (SSSR count). The van der Waals surface area contributed by atoms with Crippen molar-refractivity contribution in [2.75, 3.05) is 20.8 Å². The third-order valence-electron chi connectivity index (χ3n) is 3.92. The number of hydrogen-bond acceptors (Lipinski definition) is 5. The van der Waals surface area contributed by atoms with Gasteiger partial charge in [0, 0.05) is 5.39 Å². The molecule has 0 aliphatic carbocycles. The summed E-state index contributed by atoms with van der Waals surface area (Å²) in [7, 11) is 3.13. The van der Waals surface area contributed by atoms with E-state index in [9.17, 15) is 4.79 Å². The van der Waals surface area contributed by atoms with Gasteiger partial charge in [0.25, 0.3) is 5.91 Å². The van der Waals surface area contributed by atoms with Gasteiger partial charge in [-0.2, -0.15) is 5.10 Å². The van der Waals surface area contributed by atoms with E-state index in [-0.39, 0.29) is 12.5 Å². The fourth-order valence-electron chi connectivity index (χ4n) is 2.61. The van der Waals surface area contributed by atoms with Crippen LogP contribution >= 0.6 is 0 Å². The number of benzene rings is 3. The fourth-order valence-corrected chi connectivity index (χ4v) is 2.61. The van der Waals surface area contributed by atoms with Crippen LogP contribution in [0.4, 0.5) is 0 Å². The molecule has 0 aromatic heterocycles. The van der Waals surface area contributed by atoms with Crippen molar-refractivity contribution >= 4 is 22.9 Å². The molecule has 0 unspecified atom stereocenters. The molecule has 1 N–H and O–H groups in total. The number of carbonyl (C=O) groups excluding carboxylic acids is 1. The van der Waals surface area contributed by atoms with Crippen LogP contribution in [0.2, 0.25) is 0 Å². The maximum atomic E-state index is 12.0. The Hall–Kier alpha value is -3.54. The SMILES string of the molecule is COc1ccc(/C=N\NC(=O)COc2cccc3ccccc23)cc1OC. The van der Waals surface area contributed by atoms with Gasteiger partial charge in [0.2, 0.25) is 0 Å². The maximum absolute atomic E-state index is 12.0. The molecule has 6 heteroatoms. The largest absolute Gasteiger partial charge is 0.493 e. The van der Waals surface area contributed by atoms with Gasteiger partial charge in [-0.3, -0.25) is 4.79 Å². The number of methoxy groups -OCH3 is 2. The first-order valence-electron chi connectivity index (χ1n) is 8.36. The Morgan fingerprint density at radius 3 is 2.56 bits per heavy atom. The molecule has 138 valence electrons. The van der Waals surface area contributed by atoms with E-state index in [4.69, 9.17) is 14.2 Å². The van der Waals surface area contributed by atoms with E-state index in [1.807, 2.05) is 48.5 Å². The summed E-state index contributed by atoms with van der Waals surface area (Å²) >= 11 is 0. The first kappa shape index (κ1) is 18.3. The highest BCUT2D eigenvalue weighted by atomic mass is 16.5. The maximum Gasteiger partial charge on any atom is 0.277 e. The number of rotatable bonds is 7. The zero-order valence-electron chi connectivity index (χ0n) is 15.1. The van der Waals surface area contributed by atoms with Crippen LogP contribution in [0.1, 0.15) is 5.56 Å². The molecule has 27 heavy (non-hydrogen) atoms. The molecular formula is C21H20N2O4. The van der Waals surface area contributed by atoms with Gasteiger partial charge in [0.1, 0.15) is 5.75 Å². The molecule has 0 fully saturated rings. The second-order valence-corrected chi connectivity index (χ2v) is 5.67. The normalized spacial score (nSPS) is 10.7. The van der Waals surface area contributed by atoms with Crippen molar-refractivity contribution in [2.24, 2.45) is 5.10 Å². The van der Waals surface area contributed by atoms with Crippen LogP contribution in [-0.2, 0) is 4.79 Å². The number of nitrogens with one attached hydrogen (secondary N) is 1. The van der Waals surface area contributed by atoms with Crippen molar-refractivity contribution < 1.29 is 19.0 Å². The van der Waals surface area contributed by atoms with Crippen molar-refractivity contribution in [1.29, 1.82) is 0 Å². The van der Waals surface area contributed by atoms with Crippen LogP contribution in [0.5, 0.6) is 17.2 Å². The molecule has 0 aliphatic heterocycles. The number of ether oxygens (including phenoxy) is 3. The highest BCUT2D eigenvalue weighted by molar-refractivity contribution is 5.89. The molecule has 0 saturated carbocycles. The first-order valence-corrected chi connectivity index (χ1v) is 8.36. The number of amides is 1. The number of hydrazone groups is 1. The summed E-state index contributed by atoms with van der Waals surface area (Å²) in [6.45, 7) is -0.128. The third kappa shape index (κ3) is 4.55. The van der Waals surface area contributed by atoms with E-state index in [2.05, 4.69) is 10.5 Å². The summed E-state index contributed by atoms with van der Waals surface area (Å²) in [5.74, 6) is 1.53. The highest BCUT2D eigenvalue weighted by Crippen LogP contribution is 2.27. The predicted octanol–water partition coefficient (Wildman–Crippen LogP) is 3.39. The van der Waals surface area contributed by atoms with Gasteiger partial charge in [-0.15, -0.1) is 0 Å². The van der Waals surface area contributed by atoms with Gasteiger partial charge < -0.3 is 14.2 Å². The zero-order chi connectivity index (χ0) is 19.1. The molecule has 0 spiro atoms. The van der Waals surface area contributed by atoms with Gasteiger partial charge >= 0.3 is 0 Å². The molecule has 3 aromatic rings. The van der Waals surface area contributed by atoms with E-state index in [0.717, 1.165) is 16.3 Å². The molecule has 0 saturated heterocycles. The smallest absolute Gasteiger partial charge is 0.277 e. The van der Waals surface area contributed by atoms with Crippen LogP contribution in [-0.4, -0.2) is 32.9 Å². The predicted molar refractivity (Wildman–Crippen MR) is 105 cm³/mol. The Kier molecular flexibility index (Phi) is 5.89. The molecule has 0 bridgehead atoms. The highest BCUT2D eigenvalue weighted by Gasteiger charge is 2.06. The number of fused-ring (bicyclic) bond motifs is 1. The molecule has 1 amide bonds. The monoisotopic (exact) mass is 364 g/mol. The summed E-state index contributed by atoms with van der Waals surface area (Å²) in [6, 6.07) is 18.9. The zero-order valence-corrected chi connectivity index (χ0v) is 15.1. The van der Waals surface area contributed by atoms with Crippen molar-refractivity contribution in [3.63, 3.8) is 0 Å². The minimum atomic E-state index is -0.348. The van der Waals surface area contributed by atoms with E-state index in [0.29, 0.717) is 17.2 Å². The standard InChI is InChI=1S/C21H20N2O4/c1-25-19-11-10-15(12-20(19)26-2)13-22-23-21(24)14-27-18-9-5-7-16-6-3-4-8-17(16)18/h3-13H,14H2,1-2H3,(H,23,24)/b22-13-. The van der Waals surface area contributed by atoms with Crippen molar-refractivity contribution in [3.05, 3.63) is 66.2 Å². The van der Waals surface area contributed by atoms with Crippen LogP contribution in [0.3, 0.4) is 0 Å². The number of carbonyl (C=O) groups is 1. The molecule has 0 heterocycles. The summed E-state index contributed by atoms with van der Waals surface area (Å²) in [6.07, 6.45) is 1.53. The van der Waals surface area contributed by atoms with Crippen LogP contribution < -0.4 is 19.6 Å². The lowest BCUT2D eigenvalue weighted by molar-refractivity contribution is -0.123. The lowest BCUT2D eigenvalue weighted by atomic mass is 10.1. The van der Waals surface area contributed by atoms with Gasteiger partial charge in [-0.1, -0.05) is 36.4 Å². The number of nitrogens with zero attached hydrogens (tertiary/aromatic N) is 1. The molecule has 0 aliphatic rings. The Bertz CT molecular complexity index is 964. The lowest BCUT2D eigenvalue weighted by Gasteiger charge is -2.08.